The molecule has 4 unspecified atom stereocenters. The summed E-state index contributed by atoms with van der Waals surface area (Å²) in [6.45, 7) is 6.10. The molecule has 0 saturated carbocycles. The van der Waals surface area contributed by atoms with Crippen molar-refractivity contribution in [3.05, 3.63) is 23.3 Å². The fraction of sp³-hybridized carbons (Fsp3) is 0.600. The van der Waals surface area contributed by atoms with Crippen LogP contribution in [-0.4, -0.2) is 43.4 Å². The van der Waals surface area contributed by atoms with E-state index in [4.69, 9.17) is 20.6 Å². The lowest BCUT2D eigenvalue weighted by molar-refractivity contribution is 0.212. The van der Waals surface area contributed by atoms with E-state index in [0.29, 0.717) is 18.2 Å². The van der Waals surface area contributed by atoms with Gasteiger partial charge in [-0.05, 0) is 32.9 Å². The van der Waals surface area contributed by atoms with Gasteiger partial charge in [-0.1, -0.05) is 17.7 Å². The Balaban J connectivity index is 2.20. The molecular formula is C15H22ClN2O3P. The van der Waals surface area contributed by atoms with E-state index in [1.165, 1.54) is 0 Å². The van der Waals surface area contributed by atoms with Crippen molar-refractivity contribution >= 4 is 31.6 Å². The summed E-state index contributed by atoms with van der Waals surface area (Å²) in [5, 5.41) is 0.674. The Morgan fingerprint density at radius 3 is 2.59 bits per heavy atom. The van der Waals surface area contributed by atoms with Crippen molar-refractivity contribution in [3.63, 3.8) is 0 Å². The molecule has 4 atom stereocenters. The Morgan fingerprint density at radius 1 is 1.27 bits per heavy atom. The van der Waals surface area contributed by atoms with Crippen LogP contribution >= 0.6 is 19.2 Å². The fourth-order valence-electron chi connectivity index (χ4n) is 2.42. The van der Waals surface area contributed by atoms with E-state index in [1.54, 1.807) is 20.1 Å². The van der Waals surface area contributed by atoms with Crippen LogP contribution in [0.25, 0.3) is 0 Å². The normalized spacial score (nSPS) is 28.9. The van der Waals surface area contributed by atoms with Crippen molar-refractivity contribution in [1.29, 1.82) is 0 Å². The zero-order valence-corrected chi connectivity index (χ0v) is 14.7. The first-order valence-corrected chi connectivity index (χ1v) is 9.50. The van der Waals surface area contributed by atoms with Crippen molar-refractivity contribution in [1.82, 2.24) is 0 Å². The number of hydrogen-bond donors (Lipinski definition) is 0. The number of aliphatic imine (C=N–C) groups is 2. The van der Waals surface area contributed by atoms with E-state index in [1.807, 2.05) is 31.4 Å². The maximum Gasteiger partial charge on any atom is 0.335 e. The second kappa shape index (κ2) is 7.69. The topological polar surface area (TPSA) is 60.2 Å². The average molecular weight is 345 g/mol. The fourth-order valence-corrected chi connectivity index (χ4v) is 4.41. The molecule has 22 heavy (non-hydrogen) atoms. The second-order valence-corrected chi connectivity index (χ2v) is 8.03. The monoisotopic (exact) mass is 344 g/mol. The maximum atomic E-state index is 12.9. The summed E-state index contributed by atoms with van der Waals surface area (Å²) in [5.74, 6) is 0.0783. The molecule has 0 amide bonds. The van der Waals surface area contributed by atoms with Gasteiger partial charge in [0.05, 0.1) is 31.0 Å². The largest absolute Gasteiger partial charge is 0.335 e. The molecule has 0 fully saturated rings. The van der Waals surface area contributed by atoms with Gasteiger partial charge in [-0.25, -0.2) is 0 Å². The van der Waals surface area contributed by atoms with E-state index in [-0.39, 0.29) is 18.0 Å². The Bertz CT molecular complexity index is 549. The lowest BCUT2D eigenvalue weighted by Gasteiger charge is -2.25. The molecule has 1 aliphatic carbocycles. The van der Waals surface area contributed by atoms with Crippen LogP contribution in [0.4, 0.5) is 0 Å². The van der Waals surface area contributed by atoms with Crippen LogP contribution in [0.3, 0.4) is 0 Å². The summed E-state index contributed by atoms with van der Waals surface area (Å²) in [5.41, 5.74) is -0.393. The number of nitrogens with zero attached hydrogens (tertiary/aromatic N) is 2. The van der Waals surface area contributed by atoms with Crippen LogP contribution in [0.15, 0.2) is 33.2 Å². The molecule has 0 saturated heterocycles. The Labute approximate surface area is 136 Å². The molecule has 0 N–H and O–H groups in total. The molecule has 5 nitrogen and oxygen atoms in total. The highest BCUT2D eigenvalue weighted by Gasteiger charge is 2.38. The summed E-state index contributed by atoms with van der Waals surface area (Å²) >= 11 is 6.02. The highest BCUT2D eigenvalue weighted by Crippen LogP contribution is 2.54. The van der Waals surface area contributed by atoms with Crippen molar-refractivity contribution < 1.29 is 13.6 Å². The molecule has 0 radical (unpaired) electrons. The molecule has 0 bridgehead atoms. The van der Waals surface area contributed by atoms with Crippen molar-refractivity contribution in [2.45, 2.75) is 38.5 Å². The van der Waals surface area contributed by atoms with Crippen LogP contribution in [0.5, 0.6) is 0 Å². The summed E-state index contributed by atoms with van der Waals surface area (Å²) < 4.78 is 23.7. The standard InChI is InChI=1S/C15H22ClN2O3P/c1-4-20-22(19,21-5-2)11(3)15-10-18-14-8-13(16)7-6-12(14)9-17-15/h6-12,14-15H,4-5H2,1-3H3. The van der Waals surface area contributed by atoms with Crippen LogP contribution in [-0.2, 0) is 13.6 Å². The van der Waals surface area contributed by atoms with E-state index in [2.05, 4.69) is 9.98 Å². The molecule has 0 aromatic heterocycles. The Hall–Kier alpha value is -0.740. The summed E-state index contributed by atoms with van der Waals surface area (Å²) in [4.78, 5) is 9.07. The Kier molecular flexibility index (Phi) is 6.16. The molecule has 2 aliphatic rings. The minimum atomic E-state index is -3.22. The number of rotatable bonds is 6. The molecule has 122 valence electrons. The SMILES string of the molecule is CCOP(=O)(OCC)C(C)C1C=NC2C=C(Cl)C=CC2C=N1. The maximum absolute atomic E-state index is 12.9. The number of fused-ring (bicyclic) bond motifs is 1. The molecular weight excluding hydrogens is 323 g/mol. The quantitative estimate of drug-likeness (QED) is 0.688. The van der Waals surface area contributed by atoms with E-state index >= 15 is 0 Å². The number of hydrogen-bond acceptors (Lipinski definition) is 5. The molecule has 2 rings (SSSR count). The predicted molar refractivity (Wildman–Crippen MR) is 91.4 cm³/mol. The summed E-state index contributed by atoms with van der Waals surface area (Å²) in [6.07, 6.45) is 9.30. The van der Waals surface area contributed by atoms with Gasteiger partial charge in [0.15, 0.2) is 0 Å². The van der Waals surface area contributed by atoms with Gasteiger partial charge >= 0.3 is 7.60 Å². The third-order valence-electron chi connectivity index (χ3n) is 3.65. The smallest absolute Gasteiger partial charge is 0.309 e. The highest BCUT2D eigenvalue weighted by molar-refractivity contribution is 7.54. The van der Waals surface area contributed by atoms with Crippen molar-refractivity contribution in [3.8, 4) is 0 Å². The van der Waals surface area contributed by atoms with E-state index in [0.717, 1.165) is 0 Å². The predicted octanol–water partition coefficient (Wildman–Crippen LogP) is 3.84. The van der Waals surface area contributed by atoms with Crippen LogP contribution in [0.1, 0.15) is 20.8 Å². The van der Waals surface area contributed by atoms with Gasteiger partial charge in [-0.3, -0.25) is 14.5 Å². The first-order valence-electron chi connectivity index (χ1n) is 7.51. The second-order valence-electron chi connectivity index (χ2n) is 5.18. The molecule has 7 heteroatoms. The van der Waals surface area contributed by atoms with Gasteiger partial charge in [0, 0.05) is 23.4 Å². The minimum absolute atomic E-state index is 0.0583. The zero-order valence-electron chi connectivity index (χ0n) is 13.1. The molecule has 0 aromatic carbocycles. The highest BCUT2D eigenvalue weighted by atomic mass is 35.5. The van der Waals surface area contributed by atoms with Crippen LogP contribution in [0, 0.1) is 5.92 Å². The first-order chi connectivity index (χ1) is 10.5. The lowest BCUT2D eigenvalue weighted by atomic mass is 9.97. The van der Waals surface area contributed by atoms with Crippen molar-refractivity contribution in [2.75, 3.05) is 13.2 Å². The molecule has 0 spiro atoms. The van der Waals surface area contributed by atoms with Gasteiger partial charge < -0.3 is 9.05 Å². The van der Waals surface area contributed by atoms with Crippen LogP contribution < -0.4 is 0 Å². The van der Waals surface area contributed by atoms with Crippen molar-refractivity contribution in [2.24, 2.45) is 15.9 Å². The molecule has 1 aliphatic heterocycles. The number of allylic oxidation sites excluding steroid dienone is 2. The summed E-state index contributed by atoms with van der Waals surface area (Å²) in [7, 11) is -3.22. The van der Waals surface area contributed by atoms with Crippen LogP contribution in [0.2, 0.25) is 0 Å². The summed E-state index contributed by atoms with van der Waals surface area (Å²) in [6, 6.07) is -0.396. The third-order valence-corrected chi connectivity index (χ3v) is 6.45. The van der Waals surface area contributed by atoms with Gasteiger partial charge in [-0.2, -0.15) is 0 Å². The van der Waals surface area contributed by atoms with E-state index < -0.39 is 13.3 Å². The lowest BCUT2D eigenvalue weighted by Crippen LogP contribution is -2.25. The number of halogens is 1. The van der Waals surface area contributed by atoms with E-state index in [9.17, 15) is 4.57 Å². The van der Waals surface area contributed by atoms with Gasteiger partial charge in [0.2, 0.25) is 0 Å². The average Bonchev–Trinajstić information content (AvgIpc) is 2.69. The Morgan fingerprint density at radius 2 is 1.95 bits per heavy atom. The minimum Gasteiger partial charge on any atom is -0.309 e. The third kappa shape index (κ3) is 3.96. The van der Waals surface area contributed by atoms with Gasteiger partial charge in [0.1, 0.15) is 0 Å². The zero-order chi connectivity index (χ0) is 16.2. The van der Waals surface area contributed by atoms with Gasteiger partial charge in [-0.15, -0.1) is 0 Å². The first kappa shape index (κ1) is 17.6. The molecule has 0 aromatic rings. The molecule has 1 heterocycles. The van der Waals surface area contributed by atoms with Gasteiger partial charge in [0.25, 0.3) is 0 Å².